The van der Waals surface area contributed by atoms with Crippen molar-refractivity contribution in [2.24, 2.45) is 5.90 Å². The van der Waals surface area contributed by atoms with Crippen molar-refractivity contribution >= 4 is 0 Å². The first-order valence-electron chi connectivity index (χ1n) is 3.44. The summed E-state index contributed by atoms with van der Waals surface area (Å²) >= 11 is 0. The van der Waals surface area contributed by atoms with Gasteiger partial charge >= 0.3 is 0 Å². The molecule has 3 heteroatoms. The first kappa shape index (κ1) is 8.88. The smallest absolute Gasteiger partial charge is 0.0803 e. The van der Waals surface area contributed by atoms with Gasteiger partial charge in [-0.3, -0.25) is 0 Å². The molecule has 0 aliphatic carbocycles. The molecule has 0 unspecified atom stereocenters. The Bertz CT molecular complexity index is 44.3. The van der Waals surface area contributed by atoms with E-state index in [0.29, 0.717) is 6.61 Å². The monoisotopic (exact) mass is 132 g/mol. The summed E-state index contributed by atoms with van der Waals surface area (Å²) in [6, 6.07) is 0. The molecule has 0 fully saturated rings. The van der Waals surface area contributed by atoms with Crippen LogP contribution in [-0.4, -0.2) is 19.7 Å². The number of hydrogen-bond acceptors (Lipinski definition) is 3. The summed E-state index contributed by atoms with van der Waals surface area (Å²) in [7, 11) is 0. The Hall–Kier alpha value is -0.120. The van der Waals surface area contributed by atoms with Gasteiger partial charge in [0.2, 0.25) is 0 Å². The molecule has 0 rings (SSSR count). The molecule has 0 atom stereocenters. The molecule has 0 bridgehead atoms. The molecule has 3 nitrogen and oxygen atoms in total. The highest BCUT2D eigenvalue weighted by Crippen LogP contribution is 1.80. The molecule has 0 heterocycles. The quantitative estimate of drug-likeness (QED) is 0.403. The van der Waals surface area contributed by atoms with Gasteiger partial charge in [0.15, 0.2) is 0 Å². The molecule has 0 aliphatic rings. The zero-order valence-corrected chi connectivity index (χ0v) is 6.02. The lowest BCUT2D eigenvalue weighted by molar-refractivity contribution is 0.140. The number of nitrogens with two attached hydrogens (primary N) is 1. The lowest BCUT2D eigenvalue weighted by Gasteiger charge is -2.00. The van der Waals surface area contributed by atoms with E-state index in [0.717, 1.165) is 13.1 Å². The molecule has 0 aromatic rings. The first-order valence-corrected chi connectivity index (χ1v) is 3.44. The maximum atomic E-state index is 4.80. The van der Waals surface area contributed by atoms with E-state index in [1.165, 1.54) is 12.8 Å². The maximum Gasteiger partial charge on any atom is 0.0803 e. The van der Waals surface area contributed by atoms with E-state index < -0.39 is 0 Å². The zero-order chi connectivity index (χ0) is 6.95. The van der Waals surface area contributed by atoms with Gasteiger partial charge in [0.05, 0.1) is 6.61 Å². The second kappa shape index (κ2) is 7.88. The van der Waals surface area contributed by atoms with E-state index in [9.17, 15) is 0 Å². The van der Waals surface area contributed by atoms with Crippen LogP contribution in [0.5, 0.6) is 0 Å². The van der Waals surface area contributed by atoms with Crippen LogP contribution in [0.3, 0.4) is 0 Å². The van der Waals surface area contributed by atoms with Crippen LogP contribution in [-0.2, 0) is 4.84 Å². The Kier molecular flexibility index (Phi) is 7.77. The standard InChI is InChI=1S/C6H16N2O/c1-2-3-4-8-5-6-9-7/h8H,2-7H2,1H3. The average Bonchev–Trinajstić information content (AvgIpc) is 1.89. The third-order valence-electron chi connectivity index (χ3n) is 1.10. The molecule has 0 aromatic heterocycles. The predicted molar refractivity (Wildman–Crippen MR) is 37.9 cm³/mol. The molecule has 56 valence electrons. The van der Waals surface area contributed by atoms with E-state index in [4.69, 9.17) is 5.90 Å². The largest absolute Gasteiger partial charge is 0.314 e. The molecule has 0 saturated heterocycles. The van der Waals surface area contributed by atoms with Crippen LogP contribution in [0.1, 0.15) is 19.8 Å². The molecular formula is C6H16N2O. The molecule has 0 spiro atoms. The topological polar surface area (TPSA) is 47.3 Å². The van der Waals surface area contributed by atoms with Crippen molar-refractivity contribution in [1.29, 1.82) is 0 Å². The lowest BCUT2D eigenvalue weighted by Crippen LogP contribution is -2.21. The van der Waals surface area contributed by atoms with Gasteiger partial charge in [-0.05, 0) is 13.0 Å². The predicted octanol–water partition coefficient (Wildman–Crippen LogP) is 0.266. The second-order valence-corrected chi connectivity index (χ2v) is 1.97. The van der Waals surface area contributed by atoms with Crippen LogP contribution in [0, 0.1) is 0 Å². The van der Waals surface area contributed by atoms with Crippen molar-refractivity contribution in [2.75, 3.05) is 19.7 Å². The Morgan fingerprint density at radius 1 is 1.44 bits per heavy atom. The lowest BCUT2D eigenvalue weighted by atomic mass is 10.3. The Morgan fingerprint density at radius 3 is 2.78 bits per heavy atom. The molecule has 0 saturated carbocycles. The number of unbranched alkanes of at least 4 members (excludes halogenated alkanes) is 1. The van der Waals surface area contributed by atoms with Crippen LogP contribution in [0.4, 0.5) is 0 Å². The first-order chi connectivity index (χ1) is 4.41. The highest BCUT2D eigenvalue weighted by atomic mass is 16.6. The van der Waals surface area contributed by atoms with Crippen molar-refractivity contribution in [1.82, 2.24) is 5.32 Å². The Balaban J connectivity index is 2.60. The van der Waals surface area contributed by atoms with Crippen LogP contribution in [0.2, 0.25) is 0 Å². The van der Waals surface area contributed by atoms with Crippen LogP contribution in [0.15, 0.2) is 0 Å². The van der Waals surface area contributed by atoms with Gasteiger partial charge in [0.1, 0.15) is 0 Å². The van der Waals surface area contributed by atoms with E-state index in [1.807, 2.05) is 0 Å². The molecular weight excluding hydrogens is 116 g/mol. The number of rotatable bonds is 6. The third-order valence-corrected chi connectivity index (χ3v) is 1.10. The van der Waals surface area contributed by atoms with Crippen molar-refractivity contribution < 1.29 is 4.84 Å². The normalized spacial score (nSPS) is 10.0. The number of nitrogens with one attached hydrogen (secondary N) is 1. The summed E-state index contributed by atoms with van der Waals surface area (Å²) in [6.07, 6.45) is 2.46. The fraction of sp³-hybridized carbons (Fsp3) is 1.00. The second-order valence-electron chi connectivity index (χ2n) is 1.97. The van der Waals surface area contributed by atoms with Gasteiger partial charge < -0.3 is 10.2 Å². The maximum absolute atomic E-state index is 4.80. The van der Waals surface area contributed by atoms with E-state index in [1.54, 1.807) is 0 Å². The highest BCUT2D eigenvalue weighted by molar-refractivity contribution is 4.43. The molecule has 0 aromatic carbocycles. The van der Waals surface area contributed by atoms with Crippen molar-refractivity contribution in [2.45, 2.75) is 19.8 Å². The molecule has 0 aliphatic heterocycles. The van der Waals surface area contributed by atoms with Crippen LogP contribution < -0.4 is 11.2 Å². The van der Waals surface area contributed by atoms with Crippen LogP contribution in [0.25, 0.3) is 0 Å². The summed E-state index contributed by atoms with van der Waals surface area (Å²) in [6.45, 7) is 4.70. The van der Waals surface area contributed by atoms with Crippen molar-refractivity contribution in [3.63, 3.8) is 0 Å². The minimum atomic E-state index is 0.601. The zero-order valence-electron chi connectivity index (χ0n) is 6.02. The van der Waals surface area contributed by atoms with Crippen molar-refractivity contribution in [3.8, 4) is 0 Å². The fourth-order valence-electron chi connectivity index (χ4n) is 0.558. The Labute approximate surface area is 56.5 Å². The Morgan fingerprint density at radius 2 is 2.22 bits per heavy atom. The van der Waals surface area contributed by atoms with Gasteiger partial charge in [-0.2, -0.15) is 0 Å². The van der Waals surface area contributed by atoms with Gasteiger partial charge in [0.25, 0.3) is 0 Å². The summed E-state index contributed by atoms with van der Waals surface area (Å²) in [4.78, 5) is 4.36. The van der Waals surface area contributed by atoms with E-state index in [-0.39, 0.29) is 0 Å². The summed E-state index contributed by atoms with van der Waals surface area (Å²) in [5.41, 5.74) is 0. The van der Waals surface area contributed by atoms with E-state index in [2.05, 4.69) is 17.1 Å². The summed E-state index contributed by atoms with van der Waals surface area (Å²) in [5, 5.41) is 3.18. The summed E-state index contributed by atoms with van der Waals surface area (Å²) in [5.74, 6) is 4.80. The molecule has 9 heavy (non-hydrogen) atoms. The third kappa shape index (κ3) is 7.88. The van der Waals surface area contributed by atoms with Gasteiger partial charge in [-0.15, -0.1) is 0 Å². The van der Waals surface area contributed by atoms with Gasteiger partial charge in [-0.25, -0.2) is 5.90 Å². The number of hydrogen-bond donors (Lipinski definition) is 2. The van der Waals surface area contributed by atoms with Gasteiger partial charge in [-0.1, -0.05) is 13.3 Å². The van der Waals surface area contributed by atoms with Crippen LogP contribution >= 0.6 is 0 Å². The minimum absolute atomic E-state index is 0.601. The van der Waals surface area contributed by atoms with Crippen molar-refractivity contribution in [3.05, 3.63) is 0 Å². The molecule has 0 radical (unpaired) electrons. The van der Waals surface area contributed by atoms with Gasteiger partial charge in [0, 0.05) is 6.54 Å². The molecule has 0 amide bonds. The SMILES string of the molecule is CCCCNCCON. The average molecular weight is 132 g/mol. The molecule has 3 N–H and O–H groups in total. The minimum Gasteiger partial charge on any atom is -0.314 e. The fourth-order valence-corrected chi connectivity index (χ4v) is 0.558. The van der Waals surface area contributed by atoms with E-state index >= 15 is 0 Å². The summed E-state index contributed by atoms with van der Waals surface area (Å²) < 4.78 is 0. The highest BCUT2D eigenvalue weighted by Gasteiger charge is 1.83.